The second-order valence-electron chi connectivity index (χ2n) is 6.01. The van der Waals surface area contributed by atoms with Gasteiger partial charge in [-0.1, -0.05) is 0 Å². The van der Waals surface area contributed by atoms with E-state index in [-0.39, 0.29) is 11.3 Å². The number of hydrogen-bond donors (Lipinski definition) is 2. The zero-order valence-electron chi connectivity index (χ0n) is 13.8. The van der Waals surface area contributed by atoms with Crippen LogP contribution in [0.15, 0.2) is 18.3 Å². The molecule has 1 aliphatic heterocycles. The number of carbonyl (C=O) groups excluding carboxylic acids is 1. The highest BCUT2D eigenvalue weighted by Gasteiger charge is 2.17. The van der Waals surface area contributed by atoms with Gasteiger partial charge in [0.15, 0.2) is 5.13 Å². The maximum absolute atomic E-state index is 12.3. The lowest BCUT2D eigenvalue weighted by Gasteiger charge is -2.20. The summed E-state index contributed by atoms with van der Waals surface area (Å²) >= 11 is 1.44. The van der Waals surface area contributed by atoms with Gasteiger partial charge in [-0.3, -0.25) is 10.1 Å². The largest absolute Gasteiger partial charge is 0.478 e. The third-order valence-electron chi connectivity index (χ3n) is 4.07. The van der Waals surface area contributed by atoms with Gasteiger partial charge in [-0.25, -0.2) is 14.8 Å². The number of nitrogens with zero attached hydrogens (tertiary/aromatic N) is 2. The summed E-state index contributed by atoms with van der Waals surface area (Å²) in [6.07, 6.45) is 4.92. The van der Waals surface area contributed by atoms with E-state index in [4.69, 9.17) is 9.84 Å². The van der Waals surface area contributed by atoms with E-state index in [1.807, 2.05) is 0 Å². The fourth-order valence-electron chi connectivity index (χ4n) is 2.79. The number of carboxylic acid groups (broad SMARTS) is 1. The molecule has 1 aliphatic rings. The standard InChI is InChI=1S/C17H19N3O4S/c1-10-13(16(22)23)4-5-14(19-10)15(21)20-17-18-8-12(25-17)7-11-3-2-6-24-9-11/h4-5,8,11H,2-3,6-7,9H2,1H3,(H,22,23)(H,18,20,21). The molecule has 0 radical (unpaired) electrons. The number of amides is 1. The molecule has 0 aliphatic carbocycles. The van der Waals surface area contributed by atoms with Crippen molar-refractivity contribution in [3.63, 3.8) is 0 Å². The maximum Gasteiger partial charge on any atom is 0.337 e. The zero-order chi connectivity index (χ0) is 17.8. The maximum atomic E-state index is 12.3. The van der Waals surface area contributed by atoms with Crippen molar-refractivity contribution in [1.29, 1.82) is 0 Å². The molecule has 2 N–H and O–H groups in total. The summed E-state index contributed by atoms with van der Waals surface area (Å²) in [7, 11) is 0. The first-order valence-corrected chi connectivity index (χ1v) is 8.89. The van der Waals surface area contributed by atoms with Crippen molar-refractivity contribution in [3.8, 4) is 0 Å². The van der Waals surface area contributed by atoms with Crippen LogP contribution in [-0.4, -0.2) is 40.2 Å². The van der Waals surface area contributed by atoms with E-state index in [0.29, 0.717) is 16.7 Å². The number of carboxylic acids is 1. The van der Waals surface area contributed by atoms with Gasteiger partial charge >= 0.3 is 5.97 Å². The van der Waals surface area contributed by atoms with Crippen LogP contribution in [0.25, 0.3) is 0 Å². The van der Waals surface area contributed by atoms with Gasteiger partial charge in [-0.2, -0.15) is 0 Å². The molecule has 0 bridgehead atoms. The number of hydrogen-bond acceptors (Lipinski definition) is 6. The SMILES string of the molecule is Cc1nc(C(=O)Nc2ncc(CC3CCCOC3)s2)ccc1C(=O)O. The molecule has 25 heavy (non-hydrogen) atoms. The number of aromatic nitrogens is 2. The Labute approximate surface area is 149 Å². The second-order valence-corrected chi connectivity index (χ2v) is 7.12. The van der Waals surface area contributed by atoms with Crippen LogP contribution in [-0.2, 0) is 11.2 Å². The third-order valence-corrected chi connectivity index (χ3v) is 5.00. The Kier molecular flexibility index (Phi) is 5.40. The molecule has 1 amide bonds. The van der Waals surface area contributed by atoms with Gasteiger partial charge in [0, 0.05) is 24.3 Å². The lowest BCUT2D eigenvalue weighted by atomic mass is 9.98. The number of aromatic carboxylic acids is 1. The monoisotopic (exact) mass is 361 g/mol. The summed E-state index contributed by atoms with van der Waals surface area (Å²) in [5, 5.41) is 12.2. The Morgan fingerprint density at radius 3 is 2.96 bits per heavy atom. The van der Waals surface area contributed by atoms with Gasteiger partial charge in [-0.05, 0) is 44.2 Å². The predicted molar refractivity (Wildman–Crippen MR) is 93.2 cm³/mol. The number of thiazole rings is 1. The van der Waals surface area contributed by atoms with E-state index in [1.54, 1.807) is 13.1 Å². The van der Waals surface area contributed by atoms with Crippen molar-refractivity contribution in [1.82, 2.24) is 9.97 Å². The second kappa shape index (κ2) is 7.71. The molecular formula is C17H19N3O4S. The van der Waals surface area contributed by atoms with Crippen LogP contribution in [0, 0.1) is 12.8 Å². The van der Waals surface area contributed by atoms with Crippen LogP contribution in [0.4, 0.5) is 5.13 Å². The smallest absolute Gasteiger partial charge is 0.337 e. The van der Waals surface area contributed by atoms with E-state index < -0.39 is 11.9 Å². The quantitative estimate of drug-likeness (QED) is 0.849. The van der Waals surface area contributed by atoms with Gasteiger partial charge in [-0.15, -0.1) is 11.3 Å². The van der Waals surface area contributed by atoms with Crippen LogP contribution >= 0.6 is 11.3 Å². The van der Waals surface area contributed by atoms with E-state index in [1.165, 1.54) is 23.5 Å². The highest BCUT2D eigenvalue weighted by Crippen LogP contribution is 2.25. The van der Waals surface area contributed by atoms with Crippen molar-refractivity contribution in [2.24, 2.45) is 5.92 Å². The minimum absolute atomic E-state index is 0.0859. The van der Waals surface area contributed by atoms with Crippen molar-refractivity contribution >= 4 is 28.3 Å². The Hall–Kier alpha value is -2.32. The van der Waals surface area contributed by atoms with Gasteiger partial charge in [0.2, 0.25) is 0 Å². The number of ether oxygens (including phenoxy) is 1. The molecule has 132 valence electrons. The molecule has 8 heteroatoms. The minimum atomic E-state index is -1.06. The summed E-state index contributed by atoms with van der Waals surface area (Å²) in [6.45, 7) is 3.18. The molecular weight excluding hydrogens is 342 g/mol. The Bertz CT molecular complexity index is 784. The molecule has 2 aromatic heterocycles. The number of rotatable bonds is 5. The van der Waals surface area contributed by atoms with Crippen LogP contribution in [0.1, 0.15) is 44.3 Å². The molecule has 1 fully saturated rings. The van der Waals surface area contributed by atoms with E-state index in [0.717, 1.165) is 37.4 Å². The predicted octanol–water partition coefficient (Wildman–Crippen LogP) is 2.77. The van der Waals surface area contributed by atoms with Gasteiger partial charge in [0.25, 0.3) is 5.91 Å². The van der Waals surface area contributed by atoms with E-state index in [2.05, 4.69) is 15.3 Å². The van der Waals surface area contributed by atoms with Crippen molar-refractivity contribution < 1.29 is 19.4 Å². The van der Waals surface area contributed by atoms with Crippen molar-refractivity contribution in [2.45, 2.75) is 26.2 Å². The number of nitrogens with one attached hydrogen (secondary N) is 1. The molecule has 7 nitrogen and oxygen atoms in total. The molecule has 1 unspecified atom stereocenters. The summed E-state index contributed by atoms with van der Waals surface area (Å²) in [6, 6.07) is 2.79. The molecule has 0 spiro atoms. The fourth-order valence-corrected chi connectivity index (χ4v) is 3.71. The lowest BCUT2D eigenvalue weighted by Crippen LogP contribution is -2.18. The van der Waals surface area contributed by atoms with Gasteiger partial charge < -0.3 is 9.84 Å². The highest BCUT2D eigenvalue weighted by molar-refractivity contribution is 7.15. The molecule has 3 rings (SSSR count). The molecule has 0 saturated carbocycles. The van der Waals surface area contributed by atoms with Crippen LogP contribution in [0.5, 0.6) is 0 Å². The molecule has 1 atom stereocenters. The summed E-state index contributed by atoms with van der Waals surface area (Å²) < 4.78 is 5.49. The van der Waals surface area contributed by atoms with Crippen LogP contribution in [0.2, 0.25) is 0 Å². The Morgan fingerprint density at radius 2 is 2.28 bits per heavy atom. The van der Waals surface area contributed by atoms with Crippen LogP contribution in [0.3, 0.4) is 0 Å². The lowest BCUT2D eigenvalue weighted by molar-refractivity contribution is 0.0553. The number of anilines is 1. The average molecular weight is 361 g/mol. The van der Waals surface area contributed by atoms with Crippen molar-refractivity contribution in [2.75, 3.05) is 18.5 Å². The zero-order valence-corrected chi connectivity index (χ0v) is 14.6. The molecule has 1 saturated heterocycles. The first-order valence-electron chi connectivity index (χ1n) is 8.07. The molecule has 3 heterocycles. The molecule has 0 aromatic carbocycles. The summed E-state index contributed by atoms with van der Waals surface area (Å²) in [5.74, 6) is -0.958. The number of pyridine rings is 1. The van der Waals surface area contributed by atoms with Crippen molar-refractivity contribution in [3.05, 3.63) is 40.2 Å². The van der Waals surface area contributed by atoms with E-state index in [9.17, 15) is 9.59 Å². The normalized spacial score (nSPS) is 17.2. The summed E-state index contributed by atoms with van der Waals surface area (Å²) in [4.78, 5) is 32.7. The minimum Gasteiger partial charge on any atom is -0.478 e. The van der Waals surface area contributed by atoms with E-state index >= 15 is 0 Å². The fraction of sp³-hybridized carbons (Fsp3) is 0.412. The third kappa shape index (κ3) is 4.40. The van der Waals surface area contributed by atoms with Gasteiger partial charge in [0.1, 0.15) is 5.69 Å². The Morgan fingerprint density at radius 1 is 1.44 bits per heavy atom. The molecule has 2 aromatic rings. The average Bonchev–Trinajstić information content (AvgIpc) is 3.02. The van der Waals surface area contributed by atoms with Gasteiger partial charge in [0.05, 0.1) is 11.3 Å². The Balaban J connectivity index is 1.63. The van der Waals surface area contributed by atoms with Crippen LogP contribution < -0.4 is 5.32 Å². The first-order chi connectivity index (χ1) is 12.0. The topological polar surface area (TPSA) is 101 Å². The number of carbonyl (C=O) groups is 2. The summed E-state index contributed by atoms with van der Waals surface area (Å²) in [5.41, 5.74) is 0.556. The number of aryl methyl sites for hydroxylation is 1. The highest BCUT2D eigenvalue weighted by atomic mass is 32.1. The first kappa shape index (κ1) is 17.5.